The lowest BCUT2D eigenvalue weighted by atomic mass is 9.91. The number of hydrogen-bond donors (Lipinski definition) is 2. The highest BCUT2D eigenvalue weighted by atomic mass is 32.2. The highest BCUT2D eigenvalue weighted by Gasteiger charge is 2.25. The van der Waals surface area contributed by atoms with Gasteiger partial charge in [0.15, 0.2) is 0 Å². The van der Waals surface area contributed by atoms with Crippen molar-refractivity contribution in [2.75, 3.05) is 18.0 Å². The molecule has 0 amide bonds. The molecule has 0 unspecified atom stereocenters. The normalized spacial score (nSPS) is 16.2. The molecule has 8 nitrogen and oxygen atoms in total. The van der Waals surface area contributed by atoms with Gasteiger partial charge in [0.05, 0.1) is 22.3 Å². The predicted molar refractivity (Wildman–Crippen MR) is 92.2 cm³/mol. The van der Waals surface area contributed by atoms with Gasteiger partial charge in [0.25, 0.3) is 0 Å². The Labute approximate surface area is 145 Å². The third-order valence-electron chi connectivity index (χ3n) is 4.56. The topological polar surface area (TPSA) is 119 Å². The summed E-state index contributed by atoms with van der Waals surface area (Å²) in [7, 11) is -2.06. The summed E-state index contributed by atoms with van der Waals surface area (Å²) in [6, 6.07) is 4.00. The van der Waals surface area contributed by atoms with Gasteiger partial charge in [0.1, 0.15) is 0 Å². The zero-order valence-electron chi connectivity index (χ0n) is 13.8. The molecule has 0 bridgehead atoms. The van der Waals surface area contributed by atoms with Gasteiger partial charge in [-0.1, -0.05) is 0 Å². The van der Waals surface area contributed by atoms with Crippen molar-refractivity contribution in [3.63, 3.8) is 0 Å². The third kappa shape index (κ3) is 3.67. The molecule has 1 saturated heterocycles. The van der Waals surface area contributed by atoms with Crippen LogP contribution in [0.1, 0.15) is 34.7 Å². The fourth-order valence-electron chi connectivity index (χ4n) is 3.24. The molecule has 9 heteroatoms. The SMILES string of the molecule is Cn1cc(C2CCN(c3ccc(S(N)(=O)=O)cc3C(=O)O)CC2)cn1. The third-order valence-corrected chi connectivity index (χ3v) is 5.47. The number of aromatic nitrogens is 2. The molecule has 0 saturated carbocycles. The number of piperidine rings is 1. The van der Waals surface area contributed by atoms with E-state index in [0.717, 1.165) is 18.9 Å². The molecule has 2 heterocycles. The van der Waals surface area contributed by atoms with Gasteiger partial charge >= 0.3 is 5.97 Å². The van der Waals surface area contributed by atoms with Crippen molar-refractivity contribution >= 4 is 21.7 Å². The van der Waals surface area contributed by atoms with Crippen LogP contribution in [0.25, 0.3) is 0 Å². The lowest BCUT2D eigenvalue weighted by Crippen LogP contribution is -2.34. The van der Waals surface area contributed by atoms with Crippen molar-refractivity contribution in [3.8, 4) is 0 Å². The number of anilines is 1. The van der Waals surface area contributed by atoms with Gasteiger partial charge in [-0.25, -0.2) is 18.4 Å². The van der Waals surface area contributed by atoms with Gasteiger partial charge in [-0.3, -0.25) is 4.68 Å². The number of nitrogens with zero attached hydrogens (tertiary/aromatic N) is 3. The molecular formula is C16H20N4O4S. The fraction of sp³-hybridized carbons (Fsp3) is 0.375. The number of aryl methyl sites for hydroxylation is 1. The monoisotopic (exact) mass is 364 g/mol. The van der Waals surface area contributed by atoms with Crippen LogP contribution < -0.4 is 10.0 Å². The highest BCUT2D eigenvalue weighted by molar-refractivity contribution is 7.89. The van der Waals surface area contributed by atoms with E-state index in [4.69, 9.17) is 5.14 Å². The quantitative estimate of drug-likeness (QED) is 0.840. The number of sulfonamides is 1. The number of nitrogens with two attached hydrogens (primary N) is 1. The van der Waals surface area contributed by atoms with Crippen LogP contribution in [0.2, 0.25) is 0 Å². The molecule has 0 atom stereocenters. The molecule has 134 valence electrons. The van der Waals surface area contributed by atoms with Gasteiger partial charge in [-0.05, 0) is 42.5 Å². The van der Waals surface area contributed by atoms with Crippen LogP contribution in [-0.2, 0) is 17.1 Å². The van der Waals surface area contributed by atoms with Gasteiger partial charge in [-0.15, -0.1) is 0 Å². The average Bonchev–Trinajstić information content (AvgIpc) is 3.00. The molecule has 1 aromatic heterocycles. The predicted octanol–water partition coefficient (Wildman–Crippen LogP) is 1.15. The highest BCUT2D eigenvalue weighted by Crippen LogP contribution is 2.32. The van der Waals surface area contributed by atoms with Gasteiger partial charge in [-0.2, -0.15) is 5.10 Å². The van der Waals surface area contributed by atoms with E-state index in [9.17, 15) is 18.3 Å². The maximum atomic E-state index is 11.6. The van der Waals surface area contributed by atoms with Crippen molar-refractivity contribution in [1.29, 1.82) is 0 Å². The van der Waals surface area contributed by atoms with Crippen molar-refractivity contribution in [1.82, 2.24) is 9.78 Å². The first kappa shape index (κ1) is 17.4. The number of carbonyl (C=O) groups is 1. The molecule has 0 spiro atoms. The Hall–Kier alpha value is -2.39. The first-order valence-electron chi connectivity index (χ1n) is 7.89. The number of hydrogen-bond acceptors (Lipinski definition) is 5. The van der Waals surface area contributed by atoms with Crippen LogP contribution in [0.4, 0.5) is 5.69 Å². The first-order chi connectivity index (χ1) is 11.8. The van der Waals surface area contributed by atoms with E-state index in [1.165, 1.54) is 17.7 Å². The van der Waals surface area contributed by atoms with Crippen LogP contribution in [0, 0.1) is 0 Å². The van der Waals surface area contributed by atoms with E-state index < -0.39 is 16.0 Å². The number of carboxylic acid groups (broad SMARTS) is 1. The molecule has 1 fully saturated rings. The van der Waals surface area contributed by atoms with Gasteiger partial charge in [0.2, 0.25) is 10.0 Å². The number of rotatable bonds is 4. The average molecular weight is 364 g/mol. The van der Waals surface area contributed by atoms with Crippen LogP contribution in [0.3, 0.4) is 0 Å². The lowest BCUT2D eigenvalue weighted by molar-refractivity contribution is 0.0697. The van der Waals surface area contributed by atoms with Gasteiger partial charge < -0.3 is 10.0 Å². The summed E-state index contributed by atoms with van der Waals surface area (Å²) < 4.78 is 24.7. The molecular weight excluding hydrogens is 344 g/mol. The van der Waals surface area contributed by atoms with Crippen LogP contribution in [0.5, 0.6) is 0 Å². The Morgan fingerprint density at radius 1 is 1.32 bits per heavy atom. The molecule has 1 aliphatic heterocycles. The minimum atomic E-state index is -3.94. The maximum absolute atomic E-state index is 11.6. The minimum Gasteiger partial charge on any atom is -0.478 e. The zero-order valence-corrected chi connectivity index (χ0v) is 14.6. The van der Waals surface area contributed by atoms with Gasteiger partial charge in [0, 0.05) is 26.3 Å². The van der Waals surface area contributed by atoms with E-state index in [1.54, 1.807) is 4.68 Å². The van der Waals surface area contributed by atoms with E-state index in [2.05, 4.69) is 5.10 Å². The molecule has 2 aromatic rings. The Kier molecular flexibility index (Phi) is 4.53. The van der Waals surface area contributed by atoms with Crippen LogP contribution in [-0.4, -0.2) is 42.4 Å². The summed E-state index contributed by atoms with van der Waals surface area (Å²) in [6.45, 7) is 1.38. The van der Waals surface area contributed by atoms with E-state index >= 15 is 0 Å². The molecule has 1 aliphatic rings. The summed E-state index contributed by atoms with van der Waals surface area (Å²) in [5.41, 5.74) is 1.65. The second-order valence-corrected chi connectivity index (χ2v) is 7.80. The fourth-order valence-corrected chi connectivity index (χ4v) is 3.78. The maximum Gasteiger partial charge on any atom is 0.337 e. The zero-order chi connectivity index (χ0) is 18.2. The molecule has 1 aromatic carbocycles. The van der Waals surface area contributed by atoms with E-state index in [0.29, 0.717) is 24.7 Å². The molecule has 0 radical (unpaired) electrons. The summed E-state index contributed by atoms with van der Waals surface area (Å²) in [5.74, 6) is -0.781. The second kappa shape index (κ2) is 6.49. The van der Waals surface area contributed by atoms with Crippen LogP contribution in [0.15, 0.2) is 35.5 Å². The lowest BCUT2D eigenvalue weighted by Gasteiger charge is -2.34. The number of carboxylic acids is 1. The summed E-state index contributed by atoms with van der Waals surface area (Å²) in [6.07, 6.45) is 5.62. The Morgan fingerprint density at radius 3 is 2.52 bits per heavy atom. The first-order valence-corrected chi connectivity index (χ1v) is 9.44. The summed E-state index contributed by atoms with van der Waals surface area (Å²) in [5, 5.41) is 18.7. The van der Waals surface area contributed by atoms with Crippen molar-refractivity contribution in [3.05, 3.63) is 41.7 Å². The van der Waals surface area contributed by atoms with Crippen molar-refractivity contribution in [2.24, 2.45) is 12.2 Å². The second-order valence-electron chi connectivity index (χ2n) is 6.24. The summed E-state index contributed by atoms with van der Waals surface area (Å²) in [4.78, 5) is 13.3. The number of primary sulfonamides is 1. The largest absolute Gasteiger partial charge is 0.478 e. The Bertz CT molecular complexity index is 899. The van der Waals surface area contributed by atoms with Crippen molar-refractivity contribution < 1.29 is 18.3 Å². The Balaban J connectivity index is 1.82. The van der Waals surface area contributed by atoms with Crippen LogP contribution >= 0.6 is 0 Å². The van der Waals surface area contributed by atoms with E-state index in [1.807, 2.05) is 24.3 Å². The molecule has 0 aliphatic carbocycles. The number of aromatic carboxylic acids is 1. The minimum absolute atomic E-state index is 0.0497. The Morgan fingerprint density at radius 2 is 2.00 bits per heavy atom. The summed E-state index contributed by atoms with van der Waals surface area (Å²) >= 11 is 0. The molecule has 3 N–H and O–H groups in total. The number of benzene rings is 1. The standard InChI is InChI=1S/C16H20N4O4S/c1-19-10-12(9-18-19)11-4-6-20(7-5-11)15-3-2-13(25(17,23)24)8-14(15)16(21)22/h2-3,8-11H,4-7H2,1H3,(H,21,22)(H2,17,23,24). The molecule has 3 rings (SSSR count). The smallest absolute Gasteiger partial charge is 0.337 e. The molecule has 25 heavy (non-hydrogen) atoms. The van der Waals surface area contributed by atoms with E-state index in [-0.39, 0.29) is 10.5 Å². The van der Waals surface area contributed by atoms with Crippen molar-refractivity contribution in [2.45, 2.75) is 23.7 Å².